The molecule has 0 atom stereocenters. The average molecular weight is 340 g/mol. The molecular weight excluding hydrogens is 314 g/mol. The number of ether oxygens (including phenoxy) is 1. The molecule has 0 amide bonds. The van der Waals surface area contributed by atoms with Gasteiger partial charge in [-0.15, -0.1) is 0 Å². The van der Waals surface area contributed by atoms with Crippen LogP contribution in [0.3, 0.4) is 0 Å². The van der Waals surface area contributed by atoms with Crippen LogP contribution in [0.15, 0.2) is 28.7 Å². The summed E-state index contributed by atoms with van der Waals surface area (Å²) in [6.07, 6.45) is 6.28. The van der Waals surface area contributed by atoms with E-state index in [9.17, 15) is 0 Å². The number of halogens is 1. The Labute approximate surface area is 131 Å². The second-order valence-electron chi connectivity index (χ2n) is 6.16. The van der Waals surface area contributed by atoms with Gasteiger partial charge >= 0.3 is 0 Å². The number of hydrogen-bond acceptors (Lipinski definition) is 2. The first-order chi connectivity index (χ1) is 9.61. The van der Waals surface area contributed by atoms with Crippen LogP contribution in [-0.4, -0.2) is 18.2 Å². The van der Waals surface area contributed by atoms with E-state index in [1.54, 1.807) is 0 Å². The van der Waals surface area contributed by atoms with Crippen LogP contribution in [0.2, 0.25) is 0 Å². The van der Waals surface area contributed by atoms with E-state index in [4.69, 9.17) is 4.74 Å². The summed E-state index contributed by atoms with van der Waals surface area (Å²) in [6.45, 7) is 6.06. The van der Waals surface area contributed by atoms with Gasteiger partial charge in [-0.05, 0) is 24.5 Å². The highest BCUT2D eigenvalue weighted by Gasteiger charge is 2.33. The molecule has 0 heterocycles. The molecule has 0 bridgehead atoms. The van der Waals surface area contributed by atoms with E-state index in [0.29, 0.717) is 12.6 Å². The molecule has 2 rings (SSSR count). The predicted molar refractivity (Wildman–Crippen MR) is 87.9 cm³/mol. The molecule has 0 aliphatic heterocycles. The molecule has 1 saturated carbocycles. The maximum Gasteiger partial charge on any atom is 0.0810 e. The first kappa shape index (κ1) is 16.0. The summed E-state index contributed by atoms with van der Waals surface area (Å²) >= 11 is 3.61. The second-order valence-corrected chi connectivity index (χ2v) is 7.01. The maximum atomic E-state index is 6.40. The summed E-state index contributed by atoms with van der Waals surface area (Å²) in [5.41, 5.74) is 1.26. The molecule has 0 radical (unpaired) electrons. The van der Waals surface area contributed by atoms with Gasteiger partial charge in [0, 0.05) is 17.1 Å². The van der Waals surface area contributed by atoms with Crippen LogP contribution in [0.1, 0.15) is 51.5 Å². The summed E-state index contributed by atoms with van der Waals surface area (Å²) < 4.78 is 7.54. The van der Waals surface area contributed by atoms with E-state index < -0.39 is 0 Å². The minimum Gasteiger partial charge on any atom is -0.369 e. The third-order valence-electron chi connectivity index (χ3n) is 4.09. The van der Waals surface area contributed by atoms with Gasteiger partial charge in [-0.3, -0.25) is 0 Å². The zero-order valence-electron chi connectivity index (χ0n) is 12.6. The fourth-order valence-electron chi connectivity index (χ4n) is 2.80. The number of rotatable bonds is 6. The lowest BCUT2D eigenvalue weighted by Crippen LogP contribution is -2.46. The molecule has 0 saturated heterocycles. The van der Waals surface area contributed by atoms with Gasteiger partial charge in [-0.25, -0.2) is 0 Å². The third kappa shape index (κ3) is 4.57. The van der Waals surface area contributed by atoms with Crippen molar-refractivity contribution in [3.8, 4) is 0 Å². The highest BCUT2D eigenvalue weighted by atomic mass is 79.9. The molecule has 1 fully saturated rings. The molecule has 3 heteroatoms. The van der Waals surface area contributed by atoms with Crippen molar-refractivity contribution in [3.63, 3.8) is 0 Å². The SMILES string of the molecule is CC(C)NCC1(OCc2ccccc2Br)CCCCC1. The van der Waals surface area contributed by atoms with Gasteiger partial charge in [0.05, 0.1) is 12.2 Å². The standard InChI is InChI=1S/C17H26BrNO/c1-14(2)19-13-17(10-6-3-7-11-17)20-12-15-8-4-5-9-16(15)18/h4-5,8-9,14,19H,3,6-7,10-13H2,1-2H3. The molecule has 1 aromatic carbocycles. The topological polar surface area (TPSA) is 21.3 Å². The van der Waals surface area contributed by atoms with Gasteiger partial charge in [0.1, 0.15) is 0 Å². The summed E-state index contributed by atoms with van der Waals surface area (Å²) in [5.74, 6) is 0. The first-order valence-electron chi connectivity index (χ1n) is 7.72. The van der Waals surface area contributed by atoms with Crippen molar-refractivity contribution in [1.82, 2.24) is 5.32 Å². The minimum absolute atomic E-state index is 0.0256. The molecule has 0 spiro atoms. The second kappa shape index (κ2) is 7.58. The van der Waals surface area contributed by atoms with Crippen LogP contribution in [0.25, 0.3) is 0 Å². The molecular formula is C17H26BrNO. The van der Waals surface area contributed by atoms with Crippen molar-refractivity contribution in [2.24, 2.45) is 0 Å². The monoisotopic (exact) mass is 339 g/mol. The molecule has 20 heavy (non-hydrogen) atoms. The molecule has 0 unspecified atom stereocenters. The van der Waals surface area contributed by atoms with Crippen LogP contribution < -0.4 is 5.32 Å². The van der Waals surface area contributed by atoms with E-state index in [1.165, 1.54) is 37.7 Å². The van der Waals surface area contributed by atoms with Gasteiger partial charge in [-0.2, -0.15) is 0 Å². The van der Waals surface area contributed by atoms with Gasteiger partial charge < -0.3 is 10.1 Å². The Morgan fingerprint density at radius 1 is 1.20 bits per heavy atom. The molecule has 1 aromatic rings. The van der Waals surface area contributed by atoms with E-state index in [-0.39, 0.29) is 5.60 Å². The Hall–Kier alpha value is -0.380. The largest absolute Gasteiger partial charge is 0.369 e. The van der Waals surface area contributed by atoms with Crippen molar-refractivity contribution in [2.45, 2.75) is 64.2 Å². The predicted octanol–water partition coefficient (Wildman–Crippen LogP) is 4.67. The zero-order valence-corrected chi connectivity index (χ0v) is 14.2. The van der Waals surface area contributed by atoms with Crippen molar-refractivity contribution in [3.05, 3.63) is 34.3 Å². The summed E-state index contributed by atoms with van der Waals surface area (Å²) in [7, 11) is 0. The average Bonchev–Trinajstić information content (AvgIpc) is 2.46. The van der Waals surface area contributed by atoms with Gasteiger partial charge in [0.15, 0.2) is 0 Å². The van der Waals surface area contributed by atoms with Crippen molar-refractivity contribution in [2.75, 3.05) is 6.54 Å². The molecule has 2 nitrogen and oxygen atoms in total. The molecule has 1 aliphatic carbocycles. The fraction of sp³-hybridized carbons (Fsp3) is 0.647. The molecule has 1 aliphatic rings. The van der Waals surface area contributed by atoms with Crippen LogP contribution >= 0.6 is 15.9 Å². The lowest BCUT2D eigenvalue weighted by molar-refractivity contribution is -0.0796. The Balaban J connectivity index is 1.98. The number of nitrogens with one attached hydrogen (secondary N) is 1. The Morgan fingerprint density at radius 3 is 2.55 bits per heavy atom. The summed E-state index contributed by atoms with van der Waals surface area (Å²) in [4.78, 5) is 0. The molecule has 1 N–H and O–H groups in total. The van der Waals surface area contributed by atoms with E-state index >= 15 is 0 Å². The summed E-state index contributed by atoms with van der Waals surface area (Å²) in [5, 5.41) is 3.57. The fourth-order valence-corrected chi connectivity index (χ4v) is 3.20. The van der Waals surface area contributed by atoms with Crippen LogP contribution in [0.4, 0.5) is 0 Å². The highest BCUT2D eigenvalue weighted by molar-refractivity contribution is 9.10. The maximum absolute atomic E-state index is 6.40. The third-order valence-corrected chi connectivity index (χ3v) is 4.86. The Bertz CT molecular complexity index is 413. The van der Waals surface area contributed by atoms with Crippen molar-refractivity contribution >= 4 is 15.9 Å². The van der Waals surface area contributed by atoms with Gasteiger partial charge in [0.2, 0.25) is 0 Å². The first-order valence-corrected chi connectivity index (χ1v) is 8.51. The van der Waals surface area contributed by atoms with Crippen molar-refractivity contribution < 1.29 is 4.74 Å². The Kier molecular flexibility index (Phi) is 6.06. The smallest absolute Gasteiger partial charge is 0.0810 e. The number of hydrogen-bond donors (Lipinski definition) is 1. The summed E-state index contributed by atoms with van der Waals surface area (Å²) in [6, 6.07) is 8.85. The lowest BCUT2D eigenvalue weighted by atomic mass is 9.84. The van der Waals surface area contributed by atoms with Crippen molar-refractivity contribution in [1.29, 1.82) is 0 Å². The van der Waals surface area contributed by atoms with E-state index in [1.807, 2.05) is 6.07 Å². The van der Waals surface area contributed by atoms with E-state index in [0.717, 1.165) is 11.0 Å². The quantitative estimate of drug-likeness (QED) is 0.813. The lowest BCUT2D eigenvalue weighted by Gasteiger charge is -2.38. The van der Waals surface area contributed by atoms with Crippen LogP contribution in [-0.2, 0) is 11.3 Å². The zero-order chi connectivity index (χ0) is 14.4. The van der Waals surface area contributed by atoms with Crippen LogP contribution in [0, 0.1) is 0 Å². The van der Waals surface area contributed by atoms with Gasteiger partial charge in [-0.1, -0.05) is 67.2 Å². The normalized spacial score (nSPS) is 18.4. The molecule has 112 valence electrons. The van der Waals surface area contributed by atoms with Crippen LogP contribution in [0.5, 0.6) is 0 Å². The highest BCUT2D eigenvalue weighted by Crippen LogP contribution is 2.32. The molecule has 0 aromatic heterocycles. The van der Waals surface area contributed by atoms with Gasteiger partial charge in [0.25, 0.3) is 0 Å². The Morgan fingerprint density at radius 2 is 1.90 bits per heavy atom. The number of benzene rings is 1. The minimum atomic E-state index is 0.0256. The van der Waals surface area contributed by atoms with E-state index in [2.05, 4.69) is 53.3 Å².